The minimum atomic E-state index is -5.08. The SMILES string of the molecule is COCCN1C[C@@H]2[C@@H](OC)CCN(C(=O)Cc3ccsc3)[C@@H]2C1.O=C(O)C(F)(F)F. The normalized spacial score (nSPS) is 24.2. The van der Waals surface area contributed by atoms with E-state index in [1.165, 1.54) is 0 Å². The number of likely N-dealkylation sites (tertiary alicyclic amines) is 2. The monoisotopic (exact) mass is 452 g/mol. The molecule has 11 heteroatoms. The van der Waals surface area contributed by atoms with Crippen LogP contribution in [-0.2, 0) is 25.5 Å². The number of hydrogen-bond acceptors (Lipinski definition) is 6. The number of thiophene rings is 1. The fourth-order valence-corrected chi connectivity index (χ4v) is 4.58. The number of carbonyl (C=O) groups is 2. The van der Waals surface area contributed by atoms with Gasteiger partial charge >= 0.3 is 12.1 Å². The summed E-state index contributed by atoms with van der Waals surface area (Å²) in [7, 11) is 3.53. The van der Waals surface area contributed by atoms with Gasteiger partial charge < -0.3 is 19.5 Å². The largest absolute Gasteiger partial charge is 0.490 e. The first kappa shape index (κ1) is 24.6. The van der Waals surface area contributed by atoms with Gasteiger partial charge in [0.1, 0.15) is 0 Å². The molecule has 2 aliphatic rings. The van der Waals surface area contributed by atoms with Gasteiger partial charge in [-0.05, 0) is 28.8 Å². The van der Waals surface area contributed by atoms with E-state index in [1.807, 2.05) is 11.4 Å². The maximum absolute atomic E-state index is 12.8. The Kier molecular flexibility index (Phi) is 9.08. The van der Waals surface area contributed by atoms with Crippen molar-refractivity contribution in [3.8, 4) is 0 Å². The number of aliphatic carboxylic acids is 1. The van der Waals surface area contributed by atoms with Gasteiger partial charge in [-0.2, -0.15) is 24.5 Å². The summed E-state index contributed by atoms with van der Waals surface area (Å²) < 4.78 is 42.6. The maximum Gasteiger partial charge on any atom is 0.490 e. The van der Waals surface area contributed by atoms with Gasteiger partial charge in [0.15, 0.2) is 0 Å². The number of piperidine rings is 1. The van der Waals surface area contributed by atoms with Gasteiger partial charge in [0.25, 0.3) is 0 Å². The second kappa shape index (κ2) is 11.1. The molecule has 0 unspecified atom stereocenters. The lowest BCUT2D eigenvalue weighted by Crippen LogP contribution is -2.54. The minimum absolute atomic E-state index is 0.251. The maximum atomic E-state index is 12.8. The highest BCUT2D eigenvalue weighted by Gasteiger charge is 2.45. The smallest absolute Gasteiger partial charge is 0.475 e. The fraction of sp³-hybridized carbons (Fsp3) is 0.684. The van der Waals surface area contributed by atoms with Crippen molar-refractivity contribution >= 4 is 23.2 Å². The predicted molar refractivity (Wildman–Crippen MR) is 104 cm³/mol. The number of methoxy groups -OCH3 is 2. The summed E-state index contributed by atoms with van der Waals surface area (Å²) in [6.07, 6.45) is -3.37. The molecule has 1 aromatic heterocycles. The Hall–Kier alpha value is -1.69. The van der Waals surface area contributed by atoms with Gasteiger partial charge in [0.2, 0.25) is 5.91 Å². The number of nitrogens with zero attached hydrogens (tertiary/aromatic N) is 2. The van der Waals surface area contributed by atoms with Crippen molar-refractivity contribution in [3.63, 3.8) is 0 Å². The molecule has 0 spiro atoms. The van der Waals surface area contributed by atoms with Crippen molar-refractivity contribution < 1.29 is 37.3 Å². The third-order valence-corrected chi connectivity index (χ3v) is 6.09. The Morgan fingerprint density at radius 1 is 1.30 bits per heavy atom. The van der Waals surface area contributed by atoms with Crippen molar-refractivity contribution in [2.75, 3.05) is 47.0 Å². The molecular weight excluding hydrogens is 425 g/mol. The molecule has 30 heavy (non-hydrogen) atoms. The van der Waals surface area contributed by atoms with Crippen LogP contribution in [0.4, 0.5) is 13.2 Å². The summed E-state index contributed by atoms with van der Waals surface area (Å²) in [5, 5.41) is 11.2. The fourth-order valence-electron chi connectivity index (χ4n) is 3.91. The zero-order valence-electron chi connectivity index (χ0n) is 16.9. The average molecular weight is 452 g/mol. The molecule has 0 aromatic carbocycles. The summed E-state index contributed by atoms with van der Waals surface area (Å²) in [6.45, 7) is 4.39. The average Bonchev–Trinajstić information content (AvgIpc) is 3.34. The molecule has 170 valence electrons. The number of halogens is 3. The molecule has 0 saturated carbocycles. The van der Waals surface area contributed by atoms with Crippen LogP contribution < -0.4 is 0 Å². The van der Waals surface area contributed by atoms with Crippen LogP contribution in [0.15, 0.2) is 16.8 Å². The van der Waals surface area contributed by atoms with E-state index < -0.39 is 12.1 Å². The van der Waals surface area contributed by atoms with Crippen LogP contribution in [0.3, 0.4) is 0 Å². The molecule has 3 atom stereocenters. The van der Waals surface area contributed by atoms with Gasteiger partial charge in [-0.3, -0.25) is 9.69 Å². The molecule has 2 fully saturated rings. The first-order valence-corrected chi connectivity index (χ1v) is 10.5. The Morgan fingerprint density at radius 3 is 2.53 bits per heavy atom. The van der Waals surface area contributed by atoms with Crippen LogP contribution in [0.2, 0.25) is 0 Å². The third kappa shape index (κ3) is 6.66. The molecule has 1 N–H and O–H groups in total. The van der Waals surface area contributed by atoms with Crippen LogP contribution in [0.25, 0.3) is 0 Å². The number of carbonyl (C=O) groups excluding carboxylic acids is 1. The number of carboxylic acid groups (broad SMARTS) is 1. The standard InChI is InChI=1S/C17H26N2O3S.C2HF3O2/c1-21-7-6-18-10-14-15(11-18)19(5-3-16(14)22-2)17(20)9-13-4-8-23-12-13;3-2(4,5)1(6)7/h4,8,12,14-16H,3,5-7,9-11H2,1-2H3;(H,6,7)/t14-,15+,16-;/m0./s1. The number of fused-ring (bicyclic) bond motifs is 1. The molecule has 3 heterocycles. The topological polar surface area (TPSA) is 79.3 Å². The summed E-state index contributed by atoms with van der Waals surface area (Å²) >= 11 is 1.65. The van der Waals surface area contributed by atoms with Crippen LogP contribution in [0.5, 0.6) is 0 Å². The molecule has 1 aromatic rings. The summed E-state index contributed by atoms with van der Waals surface area (Å²) in [5.41, 5.74) is 1.12. The number of rotatable bonds is 6. The van der Waals surface area contributed by atoms with E-state index in [2.05, 4.69) is 15.2 Å². The number of amides is 1. The Bertz CT molecular complexity index is 686. The number of ether oxygens (including phenoxy) is 2. The first-order valence-electron chi connectivity index (χ1n) is 9.52. The van der Waals surface area contributed by atoms with E-state index in [4.69, 9.17) is 19.4 Å². The molecule has 0 aliphatic carbocycles. The lowest BCUT2D eigenvalue weighted by Gasteiger charge is -2.41. The van der Waals surface area contributed by atoms with Gasteiger partial charge in [-0.25, -0.2) is 4.79 Å². The van der Waals surface area contributed by atoms with Crippen molar-refractivity contribution in [1.82, 2.24) is 9.80 Å². The van der Waals surface area contributed by atoms with Crippen LogP contribution >= 0.6 is 11.3 Å². The highest BCUT2D eigenvalue weighted by molar-refractivity contribution is 7.08. The number of carboxylic acids is 1. The minimum Gasteiger partial charge on any atom is -0.475 e. The molecular formula is C19H27F3N2O5S. The van der Waals surface area contributed by atoms with Crippen LogP contribution in [-0.4, -0.2) is 92.1 Å². The number of alkyl halides is 3. The molecule has 0 radical (unpaired) electrons. The Labute approximate surface area is 177 Å². The van der Waals surface area contributed by atoms with E-state index in [9.17, 15) is 18.0 Å². The van der Waals surface area contributed by atoms with Crippen molar-refractivity contribution in [1.29, 1.82) is 0 Å². The van der Waals surface area contributed by atoms with Gasteiger partial charge in [0.05, 0.1) is 25.2 Å². The zero-order chi connectivity index (χ0) is 22.3. The van der Waals surface area contributed by atoms with Crippen molar-refractivity contribution in [2.45, 2.75) is 31.2 Å². The first-order chi connectivity index (χ1) is 14.2. The van der Waals surface area contributed by atoms with Gasteiger partial charge in [-0.1, -0.05) is 0 Å². The van der Waals surface area contributed by atoms with E-state index >= 15 is 0 Å². The second-order valence-corrected chi connectivity index (χ2v) is 8.02. The lowest BCUT2D eigenvalue weighted by molar-refractivity contribution is -0.192. The van der Waals surface area contributed by atoms with E-state index in [0.29, 0.717) is 12.3 Å². The zero-order valence-corrected chi connectivity index (χ0v) is 17.7. The van der Waals surface area contributed by atoms with E-state index in [0.717, 1.165) is 44.8 Å². The second-order valence-electron chi connectivity index (χ2n) is 7.24. The van der Waals surface area contributed by atoms with Gasteiger partial charge in [-0.15, -0.1) is 0 Å². The molecule has 7 nitrogen and oxygen atoms in total. The summed E-state index contributed by atoms with van der Waals surface area (Å²) in [4.78, 5) is 26.2. The summed E-state index contributed by atoms with van der Waals surface area (Å²) in [5.74, 6) is -2.09. The molecule has 3 rings (SSSR count). The molecule has 2 saturated heterocycles. The highest BCUT2D eigenvalue weighted by Crippen LogP contribution is 2.32. The quantitative estimate of drug-likeness (QED) is 0.713. The summed E-state index contributed by atoms with van der Waals surface area (Å²) in [6, 6.07) is 2.32. The molecule has 1 amide bonds. The molecule has 0 bridgehead atoms. The third-order valence-electron chi connectivity index (χ3n) is 5.35. The number of hydrogen-bond donors (Lipinski definition) is 1. The lowest BCUT2D eigenvalue weighted by atomic mass is 9.88. The van der Waals surface area contributed by atoms with Gasteiger partial charge in [0, 0.05) is 46.3 Å². The van der Waals surface area contributed by atoms with Crippen LogP contribution in [0.1, 0.15) is 12.0 Å². The Morgan fingerprint density at radius 2 is 2.00 bits per heavy atom. The highest BCUT2D eigenvalue weighted by atomic mass is 32.1. The molecule has 2 aliphatic heterocycles. The van der Waals surface area contributed by atoms with Crippen LogP contribution in [0, 0.1) is 5.92 Å². The van der Waals surface area contributed by atoms with Crippen molar-refractivity contribution in [3.05, 3.63) is 22.4 Å². The van der Waals surface area contributed by atoms with E-state index in [1.54, 1.807) is 25.6 Å². The predicted octanol–water partition coefficient (Wildman–Crippen LogP) is 2.12. The van der Waals surface area contributed by atoms with Crippen molar-refractivity contribution in [2.24, 2.45) is 5.92 Å². The Balaban J connectivity index is 0.000000396. The van der Waals surface area contributed by atoms with E-state index in [-0.39, 0.29) is 18.1 Å².